The quantitative estimate of drug-likeness (QED) is 0.148. The van der Waals surface area contributed by atoms with E-state index >= 15 is 0 Å². The molecule has 3 saturated heterocycles. The molecule has 7 nitrogen and oxygen atoms in total. The number of carbonyl (C=O) groups excluding carboxylic acids is 1. The summed E-state index contributed by atoms with van der Waals surface area (Å²) >= 11 is 0. The van der Waals surface area contributed by atoms with Crippen LogP contribution in [0.4, 0.5) is 0 Å². The zero-order valence-corrected chi connectivity index (χ0v) is 23.6. The van der Waals surface area contributed by atoms with Gasteiger partial charge in [-0.2, -0.15) is 0 Å². The van der Waals surface area contributed by atoms with Crippen LogP contribution >= 0.6 is 0 Å². The average Bonchev–Trinajstić information content (AvgIpc) is 3.47. The van der Waals surface area contributed by atoms with Crippen LogP contribution in [0.15, 0.2) is 24.3 Å². The molecular weight excluding hydrogens is 484 g/mol. The highest BCUT2D eigenvalue weighted by molar-refractivity contribution is 5.69. The topological polar surface area (TPSA) is 72.5 Å². The third-order valence-electron chi connectivity index (χ3n) is 8.38. The van der Waals surface area contributed by atoms with E-state index in [1.165, 1.54) is 26.4 Å². The maximum Gasteiger partial charge on any atom is 0.305 e. The Balaban J connectivity index is 1.40. The third kappa shape index (κ3) is 9.16. The Labute approximate surface area is 229 Å². The summed E-state index contributed by atoms with van der Waals surface area (Å²) in [6, 6.07) is 0. The Bertz CT molecular complexity index is 741. The molecule has 4 fully saturated rings. The lowest BCUT2D eigenvalue weighted by atomic mass is 9.89. The summed E-state index contributed by atoms with van der Waals surface area (Å²) in [5, 5.41) is 0. The largest absolute Gasteiger partial charge is 0.469 e. The Kier molecular flexibility index (Phi) is 12.6. The molecule has 0 N–H and O–H groups in total. The van der Waals surface area contributed by atoms with Gasteiger partial charge in [0.1, 0.15) is 0 Å². The van der Waals surface area contributed by atoms with E-state index in [1.807, 2.05) is 0 Å². The second kappa shape index (κ2) is 16.1. The van der Waals surface area contributed by atoms with Crippen molar-refractivity contribution in [2.45, 2.75) is 134 Å². The number of unbranched alkanes of at least 4 members (excludes halogenated alkanes) is 2. The molecule has 0 radical (unpaired) electrons. The number of rotatable bonds is 14. The fourth-order valence-electron chi connectivity index (χ4n) is 6.27. The second-order valence-electron chi connectivity index (χ2n) is 11.3. The van der Waals surface area contributed by atoms with Crippen molar-refractivity contribution in [1.29, 1.82) is 0 Å². The molecule has 38 heavy (non-hydrogen) atoms. The monoisotopic (exact) mass is 534 g/mol. The lowest BCUT2D eigenvalue weighted by Gasteiger charge is -2.30. The van der Waals surface area contributed by atoms with Gasteiger partial charge in [0, 0.05) is 32.0 Å². The van der Waals surface area contributed by atoms with Gasteiger partial charge in [-0.3, -0.25) is 4.79 Å². The predicted molar refractivity (Wildman–Crippen MR) is 145 cm³/mol. The fourth-order valence-corrected chi connectivity index (χ4v) is 6.27. The first-order valence-electron chi connectivity index (χ1n) is 15.3. The van der Waals surface area contributed by atoms with E-state index < -0.39 is 0 Å². The van der Waals surface area contributed by atoms with Crippen LogP contribution in [-0.2, 0) is 33.2 Å². The third-order valence-corrected chi connectivity index (χ3v) is 8.38. The molecule has 8 atom stereocenters. The average molecular weight is 535 g/mol. The molecule has 0 aromatic carbocycles. The highest BCUT2D eigenvalue weighted by Crippen LogP contribution is 2.46. The van der Waals surface area contributed by atoms with Gasteiger partial charge in [-0.25, -0.2) is 0 Å². The number of ether oxygens (including phenoxy) is 6. The molecule has 1 saturated carbocycles. The summed E-state index contributed by atoms with van der Waals surface area (Å²) in [4.78, 5) is 11.4. The highest BCUT2D eigenvalue weighted by atomic mass is 16.7. The maximum atomic E-state index is 11.4. The van der Waals surface area contributed by atoms with Crippen molar-refractivity contribution in [1.82, 2.24) is 0 Å². The predicted octanol–water partition coefficient (Wildman–Crippen LogP) is 6.25. The normalized spacial score (nSPS) is 34.6. The first-order valence-corrected chi connectivity index (χ1v) is 15.3. The summed E-state index contributed by atoms with van der Waals surface area (Å²) in [6.07, 6.45) is 23.1. The zero-order valence-electron chi connectivity index (χ0n) is 23.6. The van der Waals surface area contributed by atoms with Crippen LogP contribution in [0, 0.1) is 11.8 Å². The van der Waals surface area contributed by atoms with E-state index in [9.17, 15) is 4.79 Å². The van der Waals surface area contributed by atoms with Crippen molar-refractivity contribution in [3.63, 3.8) is 0 Å². The van der Waals surface area contributed by atoms with E-state index in [1.54, 1.807) is 0 Å². The molecule has 3 aliphatic heterocycles. The number of allylic oxidation sites excluding steroid dienone is 1. The molecule has 0 bridgehead atoms. The van der Waals surface area contributed by atoms with Gasteiger partial charge in [-0.15, -0.1) is 0 Å². The lowest BCUT2D eigenvalue weighted by Crippen LogP contribution is -2.31. The van der Waals surface area contributed by atoms with E-state index in [4.69, 9.17) is 28.4 Å². The standard InChI is InChI=1S/C31H50O7/c1-3-4-5-12-23(37-30-15-8-10-19-34-30)17-18-25-26-21-24(13-6-7-14-29(32)33-2)36-28(26)22-27(25)38-31-16-9-11-20-35-31/h6,13,17-18,23-28,30-31H,3-5,7-12,14-16,19-22H2,1-2H3/t23-,24?,25+,26+,27+,28+,30?,31?/m0/s1. The number of hydrogen-bond donors (Lipinski definition) is 0. The van der Waals surface area contributed by atoms with Crippen molar-refractivity contribution >= 4 is 5.97 Å². The van der Waals surface area contributed by atoms with Gasteiger partial charge in [0.25, 0.3) is 0 Å². The van der Waals surface area contributed by atoms with Crippen LogP contribution in [0.5, 0.6) is 0 Å². The number of carbonyl (C=O) groups is 1. The van der Waals surface area contributed by atoms with Crippen molar-refractivity contribution in [2.24, 2.45) is 11.8 Å². The molecule has 0 aromatic rings. The zero-order chi connectivity index (χ0) is 26.6. The Hall–Kier alpha value is -1.25. The Morgan fingerprint density at radius 1 is 1.00 bits per heavy atom. The molecule has 0 aromatic heterocycles. The summed E-state index contributed by atoms with van der Waals surface area (Å²) in [6.45, 7) is 3.82. The lowest BCUT2D eigenvalue weighted by molar-refractivity contribution is -0.194. The van der Waals surface area contributed by atoms with Crippen LogP contribution in [-0.4, -0.2) is 63.3 Å². The molecule has 0 spiro atoms. The van der Waals surface area contributed by atoms with Gasteiger partial charge in [0.15, 0.2) is 12.6 Å². The summed E-state index contributed by atoms with van der Waals surface area (Å²) < 4.78 is 36.1. The van der Waals surface area contributed by atoms with Crippen molar-refractivity contribution in [2.75, 3.05) is 20.3 Å². The van der Waals surface area contributed by atoms with E-state index in [-0.39, 0.29) is 48.9 Å². The Morgan fingerprint density at radius 3 is 2.50 bits per heavy atom. The molecule has 4 aliphatic rings. The van der Waals surface area contributed by atoms with E-state index in [0.717, 1.165) is 71.0 Å². The van der Waals surface area contributed by atoms with Gasteiger partial charge in [0.2, 0.25) is 0 Å². The van der Waals surface area contributed by atoms with Crippen LogP contribution in [0.25, 0.3) is 0 Å². The maximum absolute atomic E-state index is 11.4. The second-order valence-corrected chi connectivity index (χ2v) is 11.3. The summed E-state index contributed by atoms with van der Waals surface area (Å²) in [7, 11) is 1.43. The summed E-state index contributed by atoms with van der Waals surface area (Å²) in [5.74, 6) is 0.490. The minimum absolute atomic E-state index is 0.0617. The minimum Gasteiger partial charge on any atom is -0.469 e. The number of esters is 1. The van der Waals surface area contributed by atoms with Crippen LogP contribution in [0.3, 0.4) is 0 Å². The molecule has 7 heteroatoms. The fraction of sp³-hybridized carbons (Fsp3) is 0.839. The van der Waals surface area contributed by atoms with Gasteiger partial charge < -0.3 is 28.4 Å². The molecule has 3 heterocycles. The van der Waals surface area contributed by atoms with Gasteiger partial charge in [-0.1, -0.05) is 50.5 Å². The molecule has 4 rings (SSSR count). The number of methoxy groups -OCH3 is 1. The molecule has 0 amide bonds. The van der Waals surface area contributed by atoms with Gasteiger partial charge in [0.05, 0.1) is 31.5 Å². The van der Waals surface area contributed by atoms with Crippen LogP contribution in [0.2, 0.25) is 0 Å². The highest BCUT2D eigenvalue weighted by Gasteiger charge is 2.49. The number of fused-ring (bicyclic) bond motifs is 1. The first kappa shape index (κ1) is 29.7. The van der Waals surface area contributed by atoms with E-state index in [0.29, 0.717) is 18.8 Å². The molecule has 216 valence electrons. The van der Waals surface area contributed by atoms with Crippen LogP contribution < -0.4 is 0 Å². The molecular formula is C31H50O7. The smallest absolute Gasteiger partial charge is 0.305 e. The van der Waals surface area contributed by atoms with Crippen molar-refractivity contribution in [3.8, 4) is 0 Å². The van der Waals surface area contributed by atoms with Crippen LogP contribution in [0.1, 0.15) is 96.8 Å². The summed E-state index contributed by atoms with van der Waals surface area (Å²) in [5.41, 5.74) is 0. The van der Waals surface area contributed by atoms with Crippen molar-refractivity contribution in [3.05, 3.63) is 24.3 Å². The first-order chi connectivity index (χ1) is 18.7. The molecule has 1 aliphatic carbocycles. The Morgan fingerprint density at radius 2 is 1.79 bits per heavy atom. The van der Waals surface area contributed by atoms with Gasteiger partial charge in [-0.05, 0) is 63.7 Å². The minimum atomic E-state index is -0.177. The van der Waals surface area contributed by atoms with Crippen molar-refractivity contribution < 1.29 is 33.2 Å². The van der Waals surface area contributed by atoms with Gasteiger partial charge >= 0.3 is 5.97 Å². The van der Waals surface area contributed by atoms with E-state index in [2.05, 4.69) is 31.2 Å². The molecule has 3 unspecified atom stereocenters. The number of hydrogen-bond acceptors (Lipinski definition) is 7. The SMILES string of the molecule is CCCCC[C@@H](C=C[C@@H]1[C@H]2CC(C=CCCC(=O)OC)O[C@@H]2C[C@H]1OC1CCCCO1)OC1CCCCO1.